The highest BCUT2D eigenvalue weighted by Crippen LogP contribution is 2.21. The van der Waals surface area contributed by atoms with Crippen LogP contribution in [0, 0.1) is 11.5 Å². The lowest BCUT2D eigenvalue weighted by Crippen LogP contribution is -2.08. The van der Waals surface area contributed by atoms with Crippen molar-refractivity contribution >= 4 is 27.3 Å². The molecule has 0 amide bonds. The fourth-order valence-corrected chi connectivity index (χ4v) is 1.94. The summed E-state index contributed by atoms with van der Waals surface area (Å²) in [5, 5.41) is 10.5. The molecule has 0 aliphatic rings. The summed E-state index contributed by atoms with van der Waals surface area (Å²) < 4.78 is 1.11. The topological polar surface area (TPSA) is 27.0 Å². The Balaban J connectivity index is 2.59. The largest absolute Gasteiger partial charge is 0.309 e. The van der Waals surface area contributed by atoms with Crippen molar-refractivity contribution in [2.45, 2.75) is 6.54 Å². The second-order valence-electron chi connectivity index (χ2n) is 2.22. The van der Waals surface area contributed by atoms with Crippen LogP contribution in [0.15, 0.2) is 15.2 Å². The quantitative estimate of drug-likeness (QED) is 0.577. The van der Waals surface area contributed by atoms with Crippen molar-refractivity contribution in [2.24, 2.45) is 0 Å². The molecule has 0 saturated carbocycles. The standard InChI is InChI=1S/C7H7BrN2S/c1-10(5-9)3-6-2-7(8)11-4-6/h2,4H,3H2,1H3. The van der Waals surface area contributed by atoms with Gasteiger partial charge in [0.15, 0.2) is 6.19 Å². The van der Waals surface area contributed by atoms with Gasteiger partial charge in [-0.25, -0.2) is 0 Å². The average Bonchev–Trinajstić information content (AvgIpc) is 2.35. The van der Waals surface area contributed by atoms with Gasteiger partial charge in [0.25, 0.3) is 0 Å². The van der Waals surface area contributed by atoms with E-state index in [1.165, 1.54) is 5.56 Å². The molecule has 1 heterocycles. The second-order valence-corrected chi connectivity index (χ2v) is 4.51. The zero-order chi connectivity index (χ0) is 8.27. The van der Waals surface area contributed by atoms with Crippen LogP contribution in [0.1, 0.15) is 5.56 Å². The van der Waals surface area contributed by atoms with Crippen molar-refractivity contribution in [3.05, 3.63) is 20.8 Å². The van der Waals surface area contributed by atoms with Gasteiger partial charge in [-0.15, -0.1) is 11.3 Å². The lowest BCUT2D eigenvalue weighted by molar-refractivity contribution is 0.470. The molecule has 0 atom stereocenters. The Morgan fingerprint density at radius 3 is 3.00 bits per heavy atom. The molecule has 0 fully saturated rings. The van der Waals surface area contributed by atoms with Crippen molar-refractivity contribution in [1.29, 1.82) is 5.26 Å². The number of thiophene rings is 1. The van der Waals surface area contributed by atoms with Gasteiger partial charge in [-0.2, -0.15) is 5.26 Å². The van der Waals surface area contributed by atoms with Gasteiger partial charge < -0.3 is 4.90 Å². The lowest BCUT2D eigenvalue weighted by atomic mass is 10.3. The van der Waals surface area contributed by atoms with E-state index in [0.717, 1.165) is 3.79 Å². The molecule has 0 aliphatic carbocycles. The highest BCUT2D eigenvalue weighted by molar-refractivity contribution is 9.11. The molecule has 0 bridgehead atoms. The Morgan fingerprint density at radius 2 is 2.55 bits per heavy atom. The van der Waals surface area contributed by atoms with Crippen LogP contribution in [0.5, 0.6) is 0 Å². The zero-order valence-electron chi connectivity index (χ0n) is 6.04. The maximum Gasteiger partial charge on any atom is 0.179 e. The van der Waals surface area contributed by atoms with E-state index < -0.39 is 0 Å². The first-order chi connectivity index (χ1) is 5.22. The van der Waals surface area contributed by atoms with E-state index in [2.05, 4.69) is 15.9 Å². The molecule has 11 heavy (non-hydrogen) atoms. The summed E-state index contributed by atoms with van der Waals surface area (Å²) in [6, 6.07) is 2.03. The summed E-state index contributed by atoms with van der Waals surface area (Å²) in [6.07, 6.45) is 2.05. The highest BCUT2D eigenvalue weighted by Gasteiger charge is 1.99. The van der Waals surface area contributed by atoms with Crippen LogP contribution in [0.2, 0.25) is 0 Å². The van der Waals surface area contributed by atoms with E-state index in [-0.39, 0.29) is 0 Å². The molecule has 1 aromatic rings. The van der Waals surface area contributed by atoms with Crippen LogP contribution >= 0.6 is 27.3 Å². The maximum atomic E-state index is 8.47. The summed E-state index contributed by atoms with van der Waals surface area (Å²) >= 11 is 5.00. The maximum absolute atomic E-state index is 8.47. The number of halogens is 1. The molecule has 2 nitrogen and oxygen atoms in total. The third-order valence-corrected chi connectivity index (χ3v) is 2.77. The molecule has 4 heteroatoms. The van der Waals surface area contributed by atoms with E-state index >= 15 is 0 Å². The molecule has 0 aromatic carbocycles. The SMILES string of the molecule is CN(C#N)Cc1csc(Br)c1. The van der Waals surface area contributed by atoms with Gasteiger partial charge in [0, 0.05) is 7.05 Å². The molecule has 0 unspecified atom stereocenters. The molecule has 0 radical (unpaired) electrons. The van der Waals surface area contributed by atoms with Crippen LogP contribution in [-0.4, -0.2) is 11.9 Å². The van der Waals surface area contributed by atoms with Crippen molar-refractivity contribution in [2.75, 3.05) is 7.05 Å². The normalized spacial score (nSPS) is 9.18. The highest BCUT2D eigenvalue weighted by atomic mass is 79.9. The predicted molar refractivity (Wildman–Crippen MR) is 49.1 cm³/mol. The monoisotopic (exact) mass is 230 g/mol. The van der Waals surface area contributed by atoms with Gasteiger partial charge in [0.05, 0.1) is 10.3 Å². The summed E-state index contributed by atoms with van der Waals surface area (Å²) in [4.78, 5) is 1.59. The summed E-state index contributed by atoms with van der Waals surface area (Å²) in [5.41, 5.74) is 1.17. The third kappa shape index (κ3) is 2.52. The molecular formula is C7H7BrN2S. The van der Waals surface area contributed by atoms with E-state index in [9.17, 15) is 0 Å². The number of nitrogens with zero attached hydrogens (tertiary/aromatic N) is 2. The van der Waals surface area contributed by atoms with E-state index in [1.807, 2.05) is 17.6 Å². The van der Waals surface area contributed by atoms with Gasteiger partial charge in [0.2, 0.25) is 0 Å². The summed E-state index contributed by atoms with van der Waals surface area (Å²) in [5.74, 6) is 0. The molecule has 0 spiro atoms. The first-order valence-electron chi connectivity index (χ1n) is 3.06. The minimum atomic E-state index is 0.693. The van der Waals surface area contributed by atoms with Crippen LogP contribution < -0.4 is 0 Å². The van der Waals surface area contributed by atoms with Crippen molar-refractivity contribution in [3.63, 3.8) is 0 Å². The second kappa shape index (κ2) is 3.74. The zero-order valence-corrected chi connectivity index (χ0v) is 8.44. The van der Waals surface area contributed by atoms with Crippen molar-refractivity contribution < 1.29 is 0 Å². The Hall–Kier alpha value is -0.530. The molecule has 58 valence electrons. The Kier molecular flexibility index (Phi) is 2.92. The van der Waals surface area contributed by atoms with E-state index in [4.69, 9.17) is 5.26 Å². The Labute approximate surface area is 78.2 Å². The Morgan fingerprint density at radius 1 is 1.82 bits per heavy atom. The number of hydrogen-bond acceptors (Lipinski definition) is 3. The number of nitriles is 1. The van der Waals surface area contributed by atoms with E-state index in [1.54, 1.807) is 23.3 Å². The minimum Gasteiger partial charge on any atom is -0.309 e. The molecule has 1 aromatic heterocycles. The number of hydrogen-bond donors (Lipinski definition) is 0. The van der Waals surface area contributed by atoms with Gasteiger partial charge >= 0.3 is 0 Å². The fraction of sp³-hybridized carbons (Fsp3) is 0.286. The summed E-state index contributed by atoms with van der Waals surface area (Å²) in [7, 11) is 1.77. The van der Waals surface area contributed by atoms with Crippen LogP contribution in [0.25, 0.3) is 0 Å². The minimum absolute atomic E-state index is 0.693. The lowest BCUT2D eigenvalue weighted by Gasteiger charge is -2.04. The predicted octanol–water partition coefficient (Wildman–Crippen LogP) is 2.42. The molecule has 0 aliphatic heterocycles. The summed E-state index contributed by atoms with van der Waals surface area (Å²) in [6.45, 7) is 0.693. The molecule has 1 rings (SSSR count). The third-order valence-electron chi connectivity index (χ3n) is 1.21. The molecule has 0 N–H and O–H groups in total. The van der Waals surface area contributed by atoms with Crippen LogP contribution in [0.4, 0.5) is 0 Å². The van der Waals surface area contributed by atoms with Crippen molar-refractivity contribution in [3.8, 4) is 6.19 Å². The average molecular weight is 231 g/mol. The van der Waals surface area contributed by atoms with Crippen LogP contribution in [-0.2, 0) is 6.54 Å². The molecule has 0 saturated heterocycles. The first-order valence-corrected chi connectivity index (χ1v) is 4.73. The van der Waals surface area contributed by atoms with Crippen molar-refractivity contribution in [1.82, 2.24) is 4.90 Å². The first kappa shape index (κ1) is 8.57. The number of rotatable bonds is 2. The van der Waals surface area contributed by atoms with Gasteiger partial charge in [-0.1, -0.05) is 0 Å². The van der Waals surface area contributed by atoms with Gasteiger partial charge in [0.1, 0.15) is 0 Å². The van der Waals surface area contributed by atoms with Gasteiger partial charge in [-0.05, 0) is 32.9 Å². The van der Waals surface area contributed by atoms with Crippen LogP contribution in [0.3, 0.4) is 0 Å². The smallest absolute Gasteiger partial charge is 0.179 e. The Bertz CT molecular complexity index is 276. The fourth-order valence-electron chi connectivity index (χ4n) is 0.738. The van der Waals surface area contributed by atoms with Gasteiger partial charge in [-0.3, -0.25) is 0 Å². The van der Waals surface area contributed by atoms with E-state index in [0.29, 0.717) is 6.54 Å². The molecular weight excluding hydrogens is 224 g/mol.